The van der Waals surface area contributed by atoms with Gasteiger partial charge >= 0.3 is 0 Å². The molecule has 11 heteroatoms. The number of rotatable bonds is 6. The lowest BCUT2D eigenvalue weighted by Crippen LogP contribution is -2.43. The Morgan fingerprint density at radius 3 is 2.15 bits per heavy atom. The number of carbonyl (C=O) groups excluding carboxylic acids is 1. The lowest BCUT2D eigenvalue weighted by Gasteiger charge is -2.14. The molecule has 0 saturated carbocycles. The molecule has 7 nitrogen and oxygen atoms in total. The summed E-state index contributed by atoms with van der Waals surface area (Å²) in [7, 11) is -4.46. The van der Waals surface area contributed by atoms with Gasteiger partial charge in [0.15, 0.2) is 17.4 Å². The standard InChI is InChI=1S/C15H13F3N2O5S/c1-8(15(21)19-22)20-26(23,24)11-6-12(17)14(13(18)7-11)25-10-4-2-9(16)3-5-10/h2-8,20,22H,1H3,(H,19,21)/t8-/m0/s1. The van der Waals surface area contributed by atoms with Crippen molar-refractivity contribution in [2.45, 2.75) is 17.9 Å². The van der Waals surface area contributed by atoms with Gasteiger partial charge in [0.1, 0.15) is 17.6 Å². The van der Waals surface area contributed by atoms with Gasteiger partial charge in [0.05, 0.1) is 4.90 Å². The van der Waals surface area contributed by atoms with Gasteiger partial charge in [-0.3, -0.25) is 10.0 Å². The second-order valence-electron chi connectivity index (χ2n) is 5.09. The zero-order valence-corrected chi connectivity index (χ0v) is 14.0. The Morgan fingerprint density at radius 1 is 1.12 bits per heavy atom. The first-order valence-corrected chi connectivity index (χ1v) is 8.51. The van der Waals surface area contributed by atoms with E-state index < -0.39 is 50.1 Å². The summed E-state index contributed by atoms with van der Waals surface area (Å²) in [6.45, 7) is 1.11. The Balaban J connectivity index is 2.30. The summed E-state index contributed by atoms with van der Waals surface area (Å²) in [5.41, 5.74) is 1.24. The predicted molar refractivity (Wildman–Crippen MR) is 82.5 cm³/mol. The topological polar surface area (TPSA) is 105 Å². The summed E-state index contributed by atoms with van der Waals surface area (Å²) in [5.74, 6) is -5.23. The van der Waals surface area contributed by atoms with E-state index in [1.54, 1.807) is 0 Å². The molecule has 0 bridgehead atoms. The molecule has 0 aliphatic rings. The van der Waals surface area contributed by atoms with Crippen molar-refractivity contribution in [3.63, 3.8) is 0 Å². The molecule has 0 spiro atoms. The minimum absolute atomic E-state index is 0.0637. The molecular formula is C15H13F3N2O5S. The highest BCUT2D eigenvalue weighted by Crippen LogP contribution is 2.30. The van der Waals surface area contributed by atoms with Crippen LogP contribution in [-0.4, -0.2) is 25.6 Å². The first-order valence-electron chi connectivity index (χ1n) is 7.03. The van der Waals surface area contributed by atoms with Crippen LogP contribution in [0.25, 0.3) is 0 Å². The number of nitrogens with one attached hydrogen (secondary N) is 2. The normalized spacial score (nSPS) is 12.5. The van der Waals surface area contributed by atoms with Gasteiger partial charge in [-0.05, 0) is 43.3 Å². The van der Waals surface area contributed by atoms with Gasteiger partial charge in [-0.1, -0.05) is 0 Å². The van der Waals surface area contributed by atoms with Gasteiger partial charge in [0.25, 0.3) is 5.91 Å². The van der Waals surface area contributed by atoms with Crippen LogP contribution in [0.5, 0.6) is 11.5 Å². The monoisotopic (exact) mass is 390 g/mol. The number of carbonyl (C=O) groups is 1. The van der Waals surface area contributed by atoms with Gasteiger partial charge in [0.2, 0.25) is 10.0 Å². The van der Waals surface area contributed by atoms with Crippen molar-refractivity contribution in [1.29, 1.82) is 0 Å². The molecule has 2 aromatic rings. The fourth-order valence-electron chi connectivity index (χ4n) is 1.86. The van der Waals surface area contributed by atoms with E-state index >= 15 is 0 Å². The minimum atomic E-state index is -4.46. The molecule has 26 heavy (non-hydrogen) atoms. The van der Waals surface area contributed by atoms with Crippen molar-refractivity contribution in [2.75, 3.05) is 0 Å². The maximum atomic E-state index is 14.1. The molecule has 0 unspecified atom stereocenters. The maximum Gasteiger partial charge on any atom is 0.261 e. The number of benzene rings is 2. The van der Waals surface area contributed by atoms with Crippen LogP contribution in [0.4, 0.5) is 13.2 Å². The van der Waals surface area contributed by atoms with Gasteiger partial charge in [-0.25, -0.2) is 27.1 Å². The Labute approximate surface area is 146 Å². The molecule has 1 atom stereocenters. The third-order valence-corrected chi connectivity index (χ3v) is 4.67. The van der Waals surface area contributed by atoms with Crippen molar-refractivity contribution in [1.82, 2.24) is 10.2 Å². The second-order valence-corrected chi connectivity index (χ2v) is 6.81. The summed E-state index contributed by atoms with van der Waals surface area (Å²) < 4.78 is 72.0. The summed E-state index contributed by atoms with van der Waals surface area (Å²) in [5, 5.41) is 8.46. The number of hydrogen-bond acceptors (Lipinski definition) is 5. The van der Waals surface area contributed by atoms with Crippen LogP contribution in [0.2, 0.25) is 0 Å². The van der Waals surface area contributed by atoms with E-state index in [1.165, 1.54) is 5.48 Å². The van der Waals surface area contributed by atoms with Gasteiger partial charge in [0, 0.05) is 0 Å². The van der Waals surface area contributed by atoms with E-state index in [0.29, 0.717) is 12.1 Å². The van der Waals surface area contributed by atoms with E-state index in [0.717, 1.165) is 31.2 Å². The van der Waals surface area contributed by atoms with Gasteiger partial charge in [-0.2, -0.15) is 4.72 Å². The number of sulfonamides is 1. The Hall–Kier alpha value is -2.63. The number of ether oxygens (including phenoxy) is 1. The van der Waals surface area contributed by atoms with E-state index in [2.05, 4.69) is 0 Å². The molecule has 0 aliphatic carbocycles. The van der Waals surface area contributed by atoms with Crippen molar-refractivity contribution in [3.8, 4) is 11.5 Å². The van der Waals surface area contributed by atoms with Crippen LogP contribution in [-0.2, 0) is 14.8 Å². The van der Waals surface area contributed by atoms with Crippen molar-refractivity contribution in [3.05, 3.63) is 53.8 Å². The van der Waals surface area contributed by atoms with Crippen LogP contribution in [0.15, 0.2) is 41.3 Å². The number of halogens is 3. The van der Waals surface area contributed by atoms with Gasteiger partial charge in [-0.15, -0.1) is 0 Å². The highest BCUT2D eigenvalue weighted by molar-refractivity contribution is 7.89. The molecule has 1 amide bonds. The third-order valence-electron chi connectivity index (χ3n) is 3.15. The maximum absolute atomic E-state index is 14.1. The summed E-state index contributed by atoms with van der Waals surface area (Å²) in [6, 6.07) is 3.89. The van der Waals surface area contributed by atoms with Crippen LogP contribution >= 0.6 is 0 Å². The third kappa shape index (κ3) is 4.50. The van der Waals surface area contributed by atoms with Crippen molar-refractivity contribution in [2.24, 2.45) is 0 Å². The zero-order valence-electron chi connectivity index (χ0n) is 13.2. The summed E-state index contributed by atoms with van der Waals surface area (Å²) in [4.78, 5) is 10.4. The molecular weight excluding hydrogens is 377 g/mol. The average molecular weight is 390 g/mol. The Kier molecular flexibility index (Phi) is 5.85. The highest BCUT2D eigenvalue weighted by atomic mass is 32.2. The largest absolute Gasteiger partial charge is 0.451 e. The van der Waals surface area contributed by atoms with Crippen LogP contribution in [0, 0.1) is 17.5 Å². The fourth-order valence-corrected chi connectivity index (χ4v) is 3.09. The number of hydrogen-bond donors (Lipinski definition) is 3. The summed E-state index contributed by atoms with van der Waals surface area (Å²) >= 11 is 0. The summed E-state index contributed by atoms with van der Waals surface area (Å²) in [6.07, 6.45) is 0. The Bertz CT molecular complexity index is 896. The number of hydroxylamine groups is 1. The van der Waals surface area contributed by atoms with E-state index in [1.807, 2.05) is 4.72 Å². The predicted octanol–water partition coefficient (Wildman–Crippen LogP) is 2.07. The molecule has 0 saturated heterocycles. The van der Waals surface area contributed by atoms with Crippen LogP contribution < -0.4 is 14.9 Å². The molecule has 140 valence electrons. The van der Waals surface area contributed by atoms with E-state index in [4.69, 9.17) is 9.94 Å². The first kappa shape index (κ1) is 19.7. The smallest absolute Gasteiger partial charge is 0.261 e. The molecule has 0 aliphatic heterocycles. The lowest BCUT2D eigenvalue weighted by molar-refractivity contribution is -0.130. The molecule has 0 fully saturated rings. The molecule has 0 aromatic heterocycles. The lowest BCUT2D eigenvalue weighted by atomic mass is 10.3. The van der Waals surface area contributed by atoms with Gasteiger partial charge < -0.3 is 4.74 Å². The molecule has 3 N–H and O–H groups in total. The van der Waals surface area contributed by atoms with Crippen molar-refractivity contribution < 1.29 is 36.3 Å². The first-order chi connectivity index (χ1) is 12.1. The second kappa shape index (κ2) is 7.72. The average Bonchev–Trinajstić information content (AvgIpc) is 2.58. The highest BCUT2D eigenvalue weighted by Gasteiger charge is 2.25. The molecule has 2 rings (SSSR count). The van der Waals surface area contributed by atoms with Crippen LogP contribution in [0.1, 0.15) is 6.92 Å². The van der Waals surface area contributed by atoms with E-state index in [9.17, 15) is 26.4 Å². The molecule has 0 heterocycles. The zero-order chi connectivity index (χ0) is 19.5. The molecule has 2 aromatic carbocycles. The number of amides is 1. The Morgan fingerprint density at radius 2 is 1.65 bits per heavy atom. The minimum Gasteiger partial charge on any atom is -0.451 e. The fraction of sp³-hybridized carbons (Fsp3) is 0.133. The van der Waals surface area contributed by atoms with Crippen LogP contribution in [0.3, 0.4) is 0 Å². The SMILES string of the molecule is C[C@H](NS(=O)(=O)c1cc(F)c(Oc2ccc(F)cc2)c(F)c1)C(=O)NO. The quantitative estimate of drug-likeness (QED) is 0.517. The van der Waals surface area contributed by atoms with Crippen molar-refractivity contribution >= 4 is 15.9 Å². The molecule has 0 radical (unpaired) electrons. The van der Waals surface area contributed by atoms with E-state index in [-0.39, 0.29) is 5.75 Å².